The minimum atomic E-state index is -0.675. The lowest BCUT2D eigenvalue weighted by Gasteiger charge is -2.39. The van der Waals surface area contributed by atoms with Crippen LogP contribution in [0.1, 0.15) is 75.2 Å². The summed E-state index contributed by atoms with van der Waals surface area (Å²) in [6, 6.07) is -0.708. The Morgan fingerprint density at radius 1 is 1.16 bits per heavy atom. The van der Waals surface area contributed by atoms with E-state index in [1.165, 1.54) is 0 Å². The molecule has 206 valence electrons. The number of nitrogens with one attached hydrogen (secondary N) is 1. The Balaban J connectivity index is 1.65. The first-order valence-electron chi connectivity index (χ1n) is 13.2. The summed E-state index contributed by atoms with van der Waals surface area (Å²) < 4.78 is 17.6. The Labute approximate surface area is 222 Å². The molecule has 2 saturated heterocycles. The van der Waals surface area contributed by atoms with E-state index < -0.39 is 36.1 Å². The van der Waals surface area contributed by atoms with Crippen LogP contribution < -0.4 is 15.7 Å². The lowest BCUT2D eigenvalue weighted by Crippen LogP contribution is -2.56. The highest BCUT2D eigenvalue weighted by atomic mass is 16.7. The molecule has 10 nitrogen and oxygen atoms in total. The van der Waals surface area contributed by atoms with Crippen LogP contribution >= 0.6 is 0 Å². The number of piperidine rings is 1. The van der Waals surface area contributed by atoms with Crippen LogP contribution in [0.2, 0.25) is 0 Å². The summed E-state index contributed by atoms with van der Waals surface area (Å²) >= 11 is 0. The van der Waals surface area contributed by atoms with Gasteiger partial charge in [-0.1, -0.05) is 13.8 Å². The molecule has 0 radical (unpaired) electrons. The number of nitrogens with zero attached hydrogens (tertiary/aromatic N) is 4. The van der Waals surface area contributed by atoms with E-state index in [1.54, 1.807) is 45.1 Å². The maximum atomic E-state index is 13.4. The predicted octanol–water partition coefficient (Wildman–Crippen LogP) is 2.75. The fourth-order valence-electron chi connectivity index (χ4n) is 4.40. The third-order valence-corrected chi connectivity index (χ3v) is 7.36. The van der Waals surface area contributed by atoms with Crippen molar-refractivity contribution in [3.05, 3.63) is 12.4 Å². The molecule has 2 fully saturated rings. The second-order valence-electron chi connectivity index (χ2n) is 12.5. The highest BCUT2D eigenvalue weighted by molar-refractivity contribution is 6.61. The van der Waals surface area contributed by atoms with Crippen molar-refractivity contribution in [1.82, 2.24) is 20.2 Å². The topological polar surface area (TPSA) is 106 Å². The number of hydrogen-bond donors (Lipinski definition) is 1. The molecule has 3 rings (SSSR count). The van der Waals surface area contributed by atoms with Crippen molar-refractivity contribution in [3.8, 4) is 0 Å². The van der Waals surface area contributed by atoms with Crippen molar-refractivity contribution in [1.29, 1.82) is 0 Å². The van der Waals surface area contributed by atoms with Gasteiger partial charge in [0.2, 0.25) is 11.9 Å². The minimum absolute atomic E-state index is 0.0330. The van der Waals surface area contributed by atoms with E-state index in [4.69, 9.17) is 14.0 Å². The number of aromatic nitrogens is 2. The molecular weight excluding hydrogens is 473 g/mol. The Kier molecular flexibility index (Phi) is 8.49. The number of likely N-dealkylation sites (N-methyl/N-ethyl adjacent to an activating group) is 1. The van der Waals surface area contributed by atoms with Crippen LogP contribution in [-0.2, 0) is 18.8 Å². The fourth-order valence-corrected chi connectivity index (χ4v) is 4.40. The van der Waals surface area contributed by atoms with E-state index in [0.717, 1.165) is 24.8 Å². The van der Waals surface area contributed by atoms with Gasteiger partial charge in [-0.15, -0.1) is 0 Å². The minimum Gasteiger partial charge on any atom is -0.444 e. The first-order chi connectivity index (χ1) is 17.0. The Morgan fingerprint density at radius 3 is 2.24 bits per heavy atom. The maximum Gasteiger partial charge on any atom is 0.498 e. The van der Waals surface area contributed by atoms with Crippen LogP contribution in [0.3, 0.4) is 0 Å². The lowest BCUT2D eigenvalue weighted by atomic mass is 9.81. The van der Waals surface area contributed by atoms with Gasteiger partial charge in [-0.3, -0.25) is 4.79 Å². The summed E-state index contributed by atoms with van der Waals surface area (Å²) in [4.78, 5) is 38.8. The number of anilines is 1. The van der Waals surface area contributed by atoms with Gasteiger partial charge in [0.15, 0.2) is 0 Å². The summed E-state index contributed by atoms with van der Waals surface area (Å²) in [6.45, 7) is 18.7. The summed E-state index contributed by atoms with van der Waals surface area (Å²) in [5, 5.41) is 2.77. The number of carbonyl (C=O) groups excluding carboxylic acids is 2. The molecule has 2 aliphatic rings. The van der Waals surface area contributed by atoms with Crippen molar-refractivity contribution in [2.24, 2.45) is 5.92 Å². The van der Waals surface area contributed by atoms with Gasteiger partial charge in [-0.25, -0.2) is 14.8 Å². The highest BCUT2D eigenvalue weighted by Gasteiger charge is 2.52. The Hall–Kier alpha value is -2.40. The number of hydrogen-bond acceptors (Lipinski definition) is 8. The van der Waals surface area contributed by atoms with Crippen molar-refractivity contribution >= 4 is 30.5 Å². The van der Waals surface area contributed by atoms with Crippen LogP contribution in [0.25, 0.3) is 0 Å². The van der Waals surface area contributed by atoms with Gasteiger partial charge < -0.3 is 29.2 Å². The second kappa shape index (κ2) is 10.8. The van der Waals surface area contributed by atoms with Gasteiger partial charge in [-0.2, -0.15) is 0 Å². The van der Waals surface area contributed by atoms with Gasteiger partial charge in [-0.05, 0) is 67.2 Å². The SMILES string of the molecule is CC(C)[C@@H](NC(=O)OC(C)(C)C)C(=O)N(C)[C@@H]1CCCN(c2ncc(B3OC(C)(C)C(C)(C)O3)cn2)C1. The van der Waals surface area contributed by atoms with E-state index in [9.17, 15) is 9.59 Å². The summed E-state index contributed by atoms with van der Waals surface area (Å²) in [6.07, 6.45) is 4.68. The molecule has 11 heteroatoms. The van der Waals surface area contributed by atoms with Crippen LogP contribution in [-0.4, -0.2) is 83.0 Å². The van der Waals surface area contributed by atoms with Crippen LogP contribution in [0, 0.1) is 5.92 Å². The molecule has 0 aliphatic carbocycles. The average Bonchev–Trinajstić information content (AvgIpc) is 3.02. The van der Waals surface area contributed by atoms with E-state index >= 15 is 0 Å². The molecule has 0 bridgehead atoms. The zero-order valence-electron chi connectivity index (χ0n) is 24.1. The van der Waals surface area contributed by atoms with E-state index in [1.807, 2.05) is 41.5 Å². The van der Waals surface area contributed by atoms with E-state index in [-0.39, 0.29) is 17.9 Å². The van der Waals surface area contributed by atoms with Crippen molar-refractivity contribution in [2.45, 2.75) is 104 Å². The van der Waals surface area contributed by atoms with Gasteiger partial charge in [0.25, 0.3) is 0 Å². The molecule has 1 N–H and O–H groups in total. The van der Waals surface area contributed by atoms with Gasteiger partial charge in [0.1, 0.15) is 11.6 Å². The van der Waals surface area contributed by atoms with Crippen molar-refractivity contribution < 1.29 is 23.6 Å². The van der Waals surface area contributed by atoms with Crippen molar-refractivity contribution in [3.63, 3.8) is 0 Å². The van der Waals surface area contributed by atoms with E-state index in [0.29, 0.717) is 12.5 Å². The predicted molar refractivity (Wildman–Crippen MR) is 144 cm³/mol. The van der Waals surface area contributed by atoms with Gasteiger partial charge >= 0.3 is 13.2 Å². The largest absolute Gasteiger partial charge is 0.498 e. The zero-order valence-corrected chi connectivity index (χ0v) is 24.1. The molecule has 2 aliphatic heterocycles. The fraction of sp³-hybridized carbons (Fsp3) is 0.769. The van der Waals surface area contributed by atoms with Gasteiger partial charge in [0, 0.05) is 44.0 Å². The Morgan fingerprint density at radius 2 is 1.73 bits per heavy atom. The first-order valence-corrected chi connectivity index (χ1v) is 13.2. The number of alkyl carbamates (subject to hydrolysis) is 1. The van der Waals surface area contributed by atoms with Crippen molar-refractivity contribution in [2.75, 3.05) is 25.0 Å². The molecule has 3 heterocycles. The smallest absolute Gasteiger partial charge is 0.444 e. The van der Waals surface area contributed by atoms with Crippen LogP contribution in [0.5, 0.6) is 0 Å². The zero-order chi connectivity index (χ0) is 27.8. The second-order valence-corrected chi connectivity index (χ2v) is 12.5. The summed E-state index contributed by atoms with van der Waals surface area (Å²) in [5.74, 6) is 0.385. The Bertz CT molecular complexity index is 947. The summed E-state index contributed by atoms with van der Waals surface area (Å²) in [7, 11) is 1.28. The molecule has 0 saturated carbocycles. The first kappa shape index (κ1) is 29.2. The highest BCUT2D eigenvalue weighted by Crippen LogP contribution is 2.36. The van der Waals surface area contributed by atoms with Crippen LogP contribution in [0.4, 0.5) is 10.7 Å². The number of carbonyl (C=O) groups is 2. The molecule has 0 unspecified atom stereocenters. The number of amides is 2. The van der Waals surface area contributed by atoms with Gasteiger partial charge in [0.05, 0.1) is 11.2 Å². The third kappa shape index (κ3) is 6.93. The molecular formula is C26H44BN5O5. The van der Waals surface area contributed by atoms with E-state index in [2.05, 4.69) is 20.2 Å². The van der Waals surface area contributed by atoms with Crippen LogP contribution in [0.15, 0.2) is 12.4 Å². The summed E-state index contributed by atoms with van der Waals surface area (Å²) in [5.41, 5.74) is -0.724. The molecule has 0 aromatic carbocycles. The number of ether oxygens (including phenoxy) is 1. The standard InChI is InChI=1S/C26H44BN5O5/c1-17(2)20(30-23(34)35-24(3,4)5)21(33)31(10)19-12-11-13-32(16-19)22-28-14-18(15-29-22)27-36-25(6,7)26(8,9)37-27/h14-15,17,19-20H,11-13,16H2,1-10H3,(H,30,34)/t19-,20-/m1/s1. The quantitative estimate of drug-likeness (QED) is 0.575. The third-order valence-electron chi connectivity index (χ3n) is 7.36. The monoisotopic (exact) mass is 517 g/mol. The average molecular weight is 517 g/mol. The molecule has 2 amide bonds. The lowest BCUT2D eigenvalue weighted by molar-refractivity contribution is -0.135. The molecule has 2 atom stereocenters. The normalized spacial score (nSPS) is 22.1. The number of rotatable bonds is 6. The molecule has 1 aromatic rings. The molecule has 0 spiro atoms. The maximum absolute atomic E-state index is 13.4. The molecule has 1 aromatic heterocycles. The molecule has 37 heavy (non-hydrogen) atoms.